The number of carbonyl (C=O) groups is 2. The van der Waals surface area contributed by atoms with E-state index in [0.29, 0.717) is 23.9 Å². The summed E-state index contributed by atoms with van der Waals surface area (Å²) >= 11 is 6.08. The molecule has 0 aromatic heterocycles. The lowest BCUT2D eigenvalue weighted by Crippen LogP contribution is -2.48. The van der Waals surface area contributed by atoms with Crippen LogP contribution in [0.15, 0.2) is 18.2 Å². The zero-order chi connectivity index (χ0) is 16.3. The molecule has 1 heterocycles. The number of piperidine rings is 1. The summed E-state index contributed by atoms with van der Waals surface area (Å²) in [6.07, 6.45) is 0.848. The number of carbonyl (C=O) groups excluding carboxylic acids is 2. The SMILES string of the molecule is Cc1ccc(Cl)c(O[C@H](C)C(=O)N2CCC[C@H](C(N)=O)C2)c1. The van der Waals surface area contributed by atoms with Gasteiger partial charge in [-0.15, -0.1) is 0 Å². The molecule has 0 unspecified atom stereocenters. The van der Waals surface area contributed by atoms with Crippen LogP contribution >= 0.6 is 11.6 Å². The first-order valence-corrected chi connectivity index (χ1v) is 7.77. The van der Waals surface area contributed by atoms with E-state index in [1.54, 1.807) is 24.0 Å². The van der Waals surface area contributed by atoms with Gasteiger partial charge in [0.2, 0.25) is 5.91 Å². The predicted molar refractivity (Wildman–Crippen MR) is 84.8 cm³/mol. The molecule has 1 fully saturated rings. The number of hydrogen-bond donors (Lipinski definition) is 1. The smallest absolute Gasteiger partial charge is 0.263 e. The van der Waals surface area contributed by atoms with Crippen LogP contribution in [-0.2, 0) is 9.59 Å². The van der Waals surface area contributed by atoms with Gasteiger partial charge in [0.05, 0.1) is 10.9 Å². The van der Waals surface area contributed by atoms with E-state index in [9.17, 15) is 9.59 Å². The van der Waals surface area contributed by atoms with E-state index < -0.39 is 6.10 Å². The molecule has 0 bridgehead atoms. The number of benzene rings is 1. The van der Waals surface area contributed by atoms with E-state index in [2.05, 4.69) is 0 Å². The zero-order valence-corrected chi connectivity index (χ0v) is 13.6. The second-order valence-electron chi connectivity index (χ2n) is 5.72. The van der Waals surface area contributed by atoms with Crippen molar-refractivity contribution in [2.24, 2.45) is 11.7 Å². The van der Waals surface area contributed by atoms with Crippen molar-refractivity contribution < 1.29 is 14.3 Å². The van der Waals surface area contributed by atoms with Crippen LogP contribution in [0.3, 0.4) is 0 Å². The third kappa shape index (κ3) is 3.91. The average Bonchev–Trinajstić information content (AvgIpc) is 2.50. The van der Waals surface area contributed by atoms with Crippen LogP contribution in [0.2, 0.25) is 5.02 Å². The van der Waals surface area contributed by atoms with E-state index >= 15 is 0 Å². The molecule has 5 nitrogen and oxygen atoms in total. The molecule has 0 aliphatic carbocycles. The summed E-state index contributed by atoms with van der Waals surface area (Å²) in [7, 11) is 0. The number of hydrogen-bond acceptors (Lipinski definition) is 3. The highest BCUT2D eigenvalue weighted by Gasteiger charge is 2.30. The number of nitrogens with zero attached hydrogens (tertiary/aromatic N) is 1. The van der Waals surface area contributed by atoms with Crippen molar-refractivity contribution in [1.82, 2.24) is 4.90 Å². The predicted octanol–water partition coefficient (Wildman–Crippen LogP) is 2.14. The third-order valence-corrected chi connectivity index (χ3v) is 4.19. The lowest BCUT2D eigenvalue weighted by Gasteiger charge is -2.33. The van der Waals surface area contributed by atoms with Crippen molar-refractivity contribution in [3.8, 4) is 5.75 Å². The van der Waals surface area contributed by atoms with Gasteiger partial charge in [-0.25, -0.2) is 0 Å². The van der Waals surface area contributed by atoms with Crippen LogP contribution in [0.4, 0.5) is 0 Å². The Morgan fingerprint density at radius 1 is 1.45 bits per heavy atom. The minimum absolute atomic E-state index is 0.150. The Balaban J connectivity index is 2.02. The Bertz CT molecular complexity index is 577. The quantitative estimate of drug-likeness (QED) is 0.922. The Morgan fingerprint density at radius 3 is 2.86 bits per heavy atom. The first-order valence-electron chi connectivity index (χ1n) is 7.39. The van der Waals surface area contributed by atoms with Crippen LogP contribution in [-0.4, -0.2) is 35.9 Å². The minimum Gasteiger partial charge on any atom is -0.479 e. The van der Waals surface area contributed by atoms with Gasteiger partial charge in [-0.2, -0.15) is 0 Å². The molecule has 1 saturated heterocycles. The monoisotopic (exact) mass is 324 g/mol. The number of likely N-dealkylation sites (tertiary alicyclic amines) is 1. The molecule has 120 valence electrons. The summed E-state index contributed by atoms with van der Waals surface area (Å²) < 4.78 is 5.70. The van der Waals surface area contributed by atoms with E-state index in [0.717, 1.165) is 18.4 Å². The molecule has 6 heteroatoms. The number of amides is 2. The van der Waals surface area contributed by atoms with Crippen LogP contribution in [0.1, 0.15) is 25.3 Å². The molecule has 0 radical (unpaired) electrons. The summed E-state index contributed by atoms with van der Waals surface area (Å²) in [5.41, 5.74) is 6.35. The Hall–Kier alpha value is -1.75. The zero-order valence-electron chi connectivity index (χ0n) is 12.8. The molecule has 2 rings (SSSR count). The van der Waals surface area contributed by atoms with Crippen molar-refractivity contribution in [2.45, 2.75) is 32.8 Å². The van der Waals surface area contributed by atoms with Crippen molar-refractivity contribution >= 4 is 23.4 Å². The number of aryl methyl sites for hydroxylation is 1. The number of rotatable bonds is 4. The lowest BCUT2D eigenvalue weighted by molar-refractivity contribution is -0.141. The van der Waals surface area contributed by atoms with Crippen molar-refractivity contribution in [1.29, 1.82) is 0 Å². The standard InChI is InChI=1S/C16H21ClN2O3/c1-10-5-6-13(17)14(8-10)22-11(2)16(21)19-7-3-4-12(9-19)15(18)20/h5-6,8,11-12H,3-4,7,9H2,1-2H3,(H2,18,20)/t11-,12+/m1/s1. The molecule has 1 aliphatic heterocycles. The number of ether oxygens (including phenoxy) is 1. The van der Waals surface area contributed by atoms with E-state index in [4.69, 9.17) is 22.1 Å². The molecule has 1 aromatic rings. The fourth-order valence-corrected chi connectivity index (χ4v) is 2.77. The largest absolute Gasteiger partial charge is 0.479 e. The maximum Gasteiger partial charge on any atom is 0.263 e. The maximum atomic E-state index is 12.5. The van der Waals surface area contributed by atoms with Gasteiger partial charge in [0.25, 0.3) is 5.91 Å². The molecule has 2 N–H and O–H groups in total. The van der Waals surface area contributed by atoms with Gasteiger partial charge in [0.1, 0.15) is 5.75 Å². The maximum absolute atomic E-state index is 12.5. The van der Waals surface area contributed by atoms with Gasteiger partial charge in [-0.1, -0.05) is 17.7 Å². The van der Waals surface area contributed by atoms with E-state index in [-0.39, 0.29) is 17.7 Å². The van der Waals surface area contributed by atoms with E-state index in [1.807, 2.05) is 13.0 Å². The summed E-state index contributed by atoms with van der Waals surface area (Å²) in [4.78, 5) is 25.4. The number of primary amides is 1. The summed E-state index contributed by atoms with van der Waals surface area (Å²) in [6, 6.07) is 5.42. The minimum atomic E-state index is -0.661. The Morgan fingerprint density at radius 2 is 2.18 bits per heavy atom. The van der Waals surface area contributed by atoms with Gasteiger partial charge in [0.15, 0.2) is 6.10 Å². The first-order chi connectivity index (χ1) is 10.4. The average molecular weight is 325 g/mol. The highest BCUT2D eigenvalue weighted by molar-refractivity contribution is 6.32. The van der Waals surface area contributed by atoms with Crippen molar-refractivity contribution in [3.63, 3.8) is 0 Å². The number of halogens is 1. The second kappa shape index (κ2) is 7.01. The summed E-state index contributed by atoms with van der Waals surface area (Å²) in [6.45, 7) is 4.61. The highest BCUT2D eigenvalue weighted by atomic mass is 35.5. The summed E-state index contributed by atoms with van der Waals surface area (Å²) in [5, 5.41) is 0.471. The van der Waals surface area contributed by atoms with Crippen molar-refractivity contribution in [3.05, 3.63) is 28.8 Å². The molecule has 22 heavy (non-hydrogen) atoms. The molecule has 2 atom stereocenters. The Labute approximate surface area is 135 Å². The van der Waals surface area contributed by atoms with Crippen LogP contribution in [0.25, 0.3) is 0 Å². The van der Waals surface area contributed by atoms with Crippen molar-refractivity contribution in [2.75, 3.05) is 13.1 Å². The van der Waals surface area contributed by atoms with Gasteiger partial charge in [-0.3, -0.25) is 9.59 Å². The topological polar surface area (TPSA) is 72.6 Å². The molecule has 0 spiro atoms. The normalized spacial score (nSPS) is 19.6. The Kier molecular flexibility index (Phi) is 5.29. The fraction of sp³-hybridized carbons (Fsp3) is 0.500. The first kappa shape index (κ1) is 16.6. The molecule has 1 aromatic carbocycles. The number of nitrogens with two attached hydrogens (primary N) is 1. The molecule has 0 saturated carbocycles. The van der Waals surface area contributed by atoms with Gasteiger partial charge in [0, 0.05) is 13.1 Å². The summed E-state index contributed by atoms with van der Waals surface area (Å²) in [5.74, 6) is -0.283. The molecular weight excluding hydrogens is 304 g/mol. The molecule has 1 aliphatic rings. The highest BCUT2D eigenvalue weighted by Crippen LogP contribution is 2.27. The van der Waals surface area contributed by atoms with Gasteiger partial charge in [-0.05, 0) is 44.4 Å². The molecular formula is C16H21ClN2O3. The van der Waals surface area contributed by atoms with Crippen LogP contribution in [0, 0.1) is 12.8 Å². The third-order valence-electron chi connectivity index (χ3n) is 3.87. The second-order valence-corrected chi connectivity index (χ2v) is 6.13. The van der Waals surface area contributed by atoms with Gasteiger partial charge < -0.3 is 15.4 Å². The fourth-order valence-electron chi connectivity index (χ4n) is 2.61. The lowest BCUT2D eigenvalue weighted by atomic mass is 9.97. The molecule has 2 amide bonds. The van der Waals surface area contributed by atoms with Gasteiger partial charge >= 0.3 is 0 Å². The van der Waals surface area contributed by atoms with E-state index in [1.165, 1.54) is 0 Å². The van der Waals surface area contributed by atoms with Crippen LogP contribution in [0.5, 0.6) is 5.75 Å². The van der Waals surface area contributed by atoms with Crippen LogP contribution < -0.4 is 10.5 Å².